The van der Waals surface area contributed by atoms with Gasteiger partial charge in [-0.25, -0.2) is 0 Å². The van der Waals surface area contributed by atoms with E-state index in [4.69, 9.17) is 4.74 Å². The van der Waals surface area contributed by atoms with Crippen molar-refractivity contribution in [2.24, 2.45) is 11.8 Å². The van der Waals surface area contributed by atoms with Crippen molar-refractivity contribution in [2.75, 3.05) is 19.8 Å². The third kappa shape index (κ3) is 4.43. The van der Waals surface area contributed by atoms with Crippen LogP contribution in [0.2, 0.25) is 0 Å². The van der Waals surface area contributed by atoms with Crippen LogP contribution >= 0.6 is 0 Å². The molecule has 0 bridgehead atoms. The molecule has 2 atom stereocenters. The van der Waals surface area contributed by atoms with Gasteiger partial charge in [-0.2, -0.15) is 0 Å². The molecule has 2 heteroatoms. The summed E-state index contributed by atoms with van der Waals surface area (Å²) in [6.45, 7) is 9.48. The topological polar surface area (TPSA) is 21.3 Å². The van der Waals surface area contributed by atoms with E-state index in [0.717, 1.165) is 37.6 Å². The third-order valence-electron chi connectivity index (χ3n) is 3.06. The van der Waals surface area contributed by atoms with E-state index in [1.807, 2.05) is 6.92 Å². The van der Waals surface area contributed by atoms with Gasteiger partial charge in [-0.1, -0.05) is 13.8 Å². The maximum Gasteiger partial charge on any atom is 0.0590 e. The summed E-state index contributed by atoms with van der Waals surface area (Å²) in [5, 5.41) is 3.59. The van der Waals surface area contributed by atoms with E-state index in [0.29, 0.717) is 0 Å². The van der Waals surface area contributed by atoms with Gasteiger partial charge in [-0.05, 0) is 38.0 Å². The van der Waals surface area contributed by atoms with E-state index < -0.39 is 0 Å². The van der Waals surface area contributed by atoms with Gasteiger partial charge in [0.15, 0.2) is 0 Å². The van der Waals surface area contributed by atoms with Crippen molar-refractivity contribution in [3.8, 4) is 0 Å². The first kappa shape index (κ1) is 12.0. The van der Waals surface area contributed by atoms with Gasteiger partial charge in [-0.3, -0.25) is 0 Å². The fourth-order valence-corrected chi connectivity index (χ4v) is 2.59. The summed E-state index contributed by atoms with van der Waals surface area (Å²) < 4.78 is 5.32. The Hall–Kier alpha value is -0.0800. The van der Waals surface area contributed by atoms with Gasteiger partial charge in [0.1, 0.15) is 0 Å². The van der Waals surface area contributed by atoms with E-state index in [-0.39, 0.29) is 0 Å². The van der Waals surface area contributed by atoms with Crippen molar-refractivity contribution in [1.29, 1.82) is 0 Å². The van der Waals surface area contributed by atoms with E-state index in [1.54, 1.807) is 0 Å². The molecular formula is C12H25NO. The summed E-state index contributed by atoms with van der Waals surface area (Å²) in [5.41, 5.74) is 0. The van der Waals surface area contributed by atoms with E-state index in [1.165, 1.54) is 19.3 Å². The second-order valence-electron chi connectivity index (χ2n) is 4.77. The molecule has 0 spiro atoms. The highest BCUT2D eigenvalue weighted by Crippen LogP contribution is 2.28. The molecular weight excluding hydrogens is 174 g/mol. The molecule has 0 unspecified atom stereocenters. The van der Waals surface area contributed by atoms with Crippen LogP contribution < -0.4 is 5.32 Å². The Morgan fingerprint density at radius 3 is 2.36 bits per heavy atom. The second-order valence-corrected chi connectivity index (χ2v) is 4.77. The van der Waals surface area contributed by atoms with Gasteiger partial charge >= 0.3 is 0 Å². The predicted molar refractivity (Wildman–Crippen MR) is 60.5 cm³/mol. The minimum absolute atomic E-state index is 0.731. The zero-order valence-electron chi connectivity index (χ0n) is 9.88. The van der Waals surface area contributed by atoms with E-state index >= 15 is 0 Å². The number of ether oxygens (including phenoxy) is 1. The highest BCUT2D eigenvalue weighted by Gasteiger charge is 2.22. The van der Waals surface area contributed by atoms with Crippen LogP contribution in [-0.4, -0.2) is 25.8 Å². The quantitative estimate of drug-likeness (QED) is 0.687. The van der Waals surface area contributed by atoms with Gasteiger partial charge in [-0.15, -0.1) is 0 Å². The van der Waals surface area contributed by atoms with Crippen LogP contribution in [0.15, 0.2) is 0 Å². The number of nitrogens with one attached hydrogen (secondary N) is 1. The third-order valence-corrected chi connectivity index (χ3v) is 3.06. The molecule has 1 fully saturated rings. The molecule has 1 saturated carbocycles. The van der Waals surface area contributed by atoms with Gasteiger partial charge < -0.3 is 10.1 Å². The number of rotatable bonds is 5. The van der Waals surface area contributed by atoms with Crippen molar-refractivity contribution in [3.05, 3.63) is 0 Å². The molecule has 0 heterocycles. The normalized spacial score (nSPS) is 33.2. The van der Waals surface area contributed by atoms with Crippen LogP contribution in [0.25, 0.3) is 0 Å². The smallest absolute Gasteiger partial charge is 0.0590 e. The lowest BCUT2D eigenvalue weighted by Gasteiger charge is -2.32. The first-order chi connectivity index (χ1) is 6.72. The van der Waals surface area contributed by atoms with Crippen molar-refractivity contribution in [2.45, 2.75) is 46.1 Å². The molecule has 0 amide bonds. The highest BCUT2D eigenvalue weighted by atomic mass is 16.5. The molecule has 84 valence electrons. The van der Waals surface area contributed by atoms with Gasteiger partial charge in [0.25, 0.3) is 0 Å². The Bertz CT molecular complexity index is 139. The Morgan fingerprint density at radius 1 is 1.14 bits per heavy atom. The highest BCUT2D eigenvalue weighted by molar-refractivity contribution is 4.79. The molecule has 0 radical (unpaired) electrons. The van der Waals surface area contributed by atoms with Crippen molar-refractivity contribution in [1.82, 2.24) is 5.32 Å². The maximum absolute atomic E-state index is 5.32. The molecule has 1 N–H and O–H groups in total. The Labute approximate surface area is 88.4 Å². The summed E-state index contributed by atoms with van der Waals surface area (Å²) in [5.74, 6) is 1.78. The van der Waals surface area contributed by atoms with Crippen molar-refractivity contribution in [3.63, 3.8) is 0 Å². The Kier molecular flexibility index (Phi) is 5.49. The molecule has 1 aliphatic carbocycles. The fraction of sp³-hybridized carbons (Fsp3) is 1.00. The van der Waals surface area contributed by atoms with Crippen molar-refractivity contribution >= 4 is 0 Å². The maximum atomic E-state index is 5.32. The summed E-state index contributed by atoms with van der Waals surface area (Å²) in [4.78, 5) is 0. The van der Waals surface area contributed by atoms with Crippen LogP contribution in [0.4, 0.5) is 0 Å². The molecule has 0 saturated heterocycles. The zero-order valence-corrected chi connectivity index (χ0v) is 9.88. The van der Waals surface area contributed by atoms with E-state index in [9.17, 15) is 0 Å². The van der Waals surface area contributed by atoms with Crippen molar-refractivity contribution < 1.29 is 4.74 Å². The first-order valence-corrected chi connectivity index (χ1v) is 6.03. The standard InChI is InChI=1S/C12H25NO/c1-4-14-6-5-13-12-8-10(2)7-11(3)9-12/h10-13H,4-9H2,1-3H3/t10-,11-/m0/s1. The van der Waals surface area contributed by atoms with Crippen LogP contribution in [0.1, 0.15) is 40.0 Å². The largest absolute Gasteiger partial charge is 0.380 e. The Morgan fingerprint density at radius 2 is 1.79 bits per heavy atom. The molecule has 0 aromatic rings. The lowest BCUT2D eigenvalue weighted by atomic mass is 9.80. The monoisotopic (exact) mass is 199 g/mol. The molecule has 0 aromatic carbocycles. The molecule has 1 rings (SSSR count). The predicted octanol–water partition coefficient (Wildman–Crippen LogP) is 2.44. The molecule has 14 heavy (non-hydrogen) atoms. The summed E-state index contributed by atoms with van der Waals surface area (Å²) in [6.07, 6.45) is 4.09. The zero-order chi connectivity index (χ0) is 10.4. The Balaban J connectivity index is 2.10. The molecule has 2 nitrogen and oxygen atoms in total. The van der Waals surface area contributed by atoms with Crippen LogP contribution in [-0.2, 0) is 4.74 Å². The summed E-state index contributed by atoms with van der Waals surface area (Å²) >= 11 is 0. The number of hydrogen-bond acceptors (Lipinski definition) is 2. The average molecular weight is 199 g/mol. The number of hydrogen-bond donors (Lipinski definition) is 1. The molecule has 0 aromatic heterocycles. The lowest BCUT2D eigenvalue weighted by molar-refractivity contribution is 0.140. The fourth-order valence-electron chi connectivity index (χ4n) is 2.59. The summed E-state index contributed by atoms with van der Waals surface area (Å²) in [6, 6.07) is 0.731. The summed E-state index contributed by atoms with van der Waals surface area (Å²) in [7, 11) is 0. The minimum Gasteiger partial charge on any atom is -0.380 e. The van der Waals surface area contributed by atoms with Crippen LogP contribution in [0, 0.1) is 11.8 Å². The van der Waals surface area contributed by atoms with Crippen LogP contribution in [0.3, 0.4) is 0 Å². The van der Waals surface area contributed by atoms with E-state index in [2.05, 4.69) is 19.2 Å². The van der Waals surface area contributed by atoms with Gasteiger partial charge in [0, 0.05) is 19.2 Å². The minimum atomic E-state index is 0.731. The first-order valence-electron chi connectivity index (χ1n) is 6.03. The van der Waals surface area contributed by atoms with Gasteiger partial charge in [0.2, 0.25) is 0 Å². The second kappa shape index (κ2) is 6.41. The SMILES string of the molecule is CCOCCNC1C[C@@H](C)C[C@H](C)C1. The van der Waals surface area contributed by atoms with Gasteiger partial charge in [0.05, 0.1) is 6.61 Å². The molecule has 1 aliphatic rings. The lowest BCUT2D eigenvalue weighted by Crippen LogP contribution is -2.38. The molecule has 0 aliphatic heterocycles. The average Bonchev–Trinajstić information content (AvgIpc) is 2.11. The van der Waals surface area contributed by atoms with Crippen LogP contribution in [0.5, 0.6) is 0 Å².